The van der Waals surface area contributed by atoms with Gasteiger partial charge in [0.2, 0.25) is 0 Å². The van der Waals surface area contributed by atoms with E-state index in [0.29, 0.717) is 19.3 Å². The number of hydrogen-bond donors (Lipinski definition) is 2. The molecule has 0 amide bonds. The first-order valence-corrected chi connectivity index (χ1v) is 13.5. The number of nitrogens with two attached hydrogens (primary N) is 1. The van der Waals surface area contributed by atoms with Crippen LogP contribution in [0, 0.1) is 5.41 Å². The monoisotopic (exact) mass is 515 g/mol. The molecular weight excluding hydrogens is 481 g/mol. The van der Waals surface area contributed by atoms with Crippen LogP contribution in [-0.4, -0.2) is 54.2 Å². The molecule has 0 radical (unpaired) electrons. The second-order valence-corrected chi connectivity index (χ2v) is 11.4. The van der Waals surface area contributed by atoms with Crippen LogP contribution < -0.4 is 17.0 Å². The quantitative estimate of drug-likeness (QED) is 0.366. The van der Waals surface area contributed by atoms with E-state index in [2.05, 4.69) is 4.98 Å². The number of rotatable bonds is 9. The number of phosphoric acid groups is 1. The predicted molar refractivity (Wildman–Crippen MR) is 124 cm³/mol. The standard InChI is InChI=1S/C22H34N3O9P/c1-21(23,25-12-8-17(26)24-20(25)28)18-16(30-2)14-32-35(29,34-18)31-13-11-22(9-5-10-22)19(27)33-15-6-3-4-7-15/h8,12,15-16,18H,3-7,9-11,13-14,23H2,1-2H3,(H,24,26,28)/t16-,18-,21+,35?/m1/s1. The summed E-state index contributed by atoms with van der Waals surface area (Å²) in [6, 6.07) is 1.15. The van der Waals surface area contributed by atoms with E-state index >= 15 is 0 Å². The molecule has 1 aromatic rings. The molecule has 4 rings (SSSR count). The molecule has 0 bridgehead atoms. The van der Waals surface area contributed by atoms with Crippen molar-refractivity contribution in [3.8, 4) is 0 Å². The van der Waals surface area contributed by atoms with Crippen LogP contribution >= 0.6 is 7.82 Å². The zero-order chi connectivity index (χ0) is 25.3. The molecule has 1 aromatic heterocycles. The van der Waals surface area contributed by atoms with Crippen LogP contribution in [0.2, 0.25) is 0 Å². The second-order valence-electron chi connectivity index (χ2n) is 9.78. The number of carbonyl (C=O) groups excluding carboxylic acids is 1. The SMILES string of the molecule is CO[C@@H]1COP(=O)(OCCC2(C(=O)OC3CCCC3)CCC2)O[C@H]1[C@@](C)(N)n1ccc(=O)[nH]c1=O. The maximum Gasteiger partial charge on any atom is 0.475 e. The van der Waals surface area contributed by atoms with Gasteiger partial charge in [0.25, 0.3) is 5.56 Å². The molecule has 3 aliphatic rings. The molecule has 2 saturated carbocycles. The van der Waals surface area contributed by atoms with Gasteiger partial charge in [0, 0.05) is 19.4 Å². The van der Waals surface area contributed by atoms with E-state index in [9.17, 15) is 18.9 Å². The molecule has 3 N–H and O–H groups in total. The van der Waals surface area contributed by atoms with E-state index in [1.165, 1.54) is 20.2 Å². The average Bonchev–Trinajstić information content (AvgIpc) is 3.28. The third kappa shape index (κ3) is 5.47. The van der Waals surface area contributed by atoms with E-state index < -0.39 is 42.4 Å². The van der Waals surface area contributed by atoms with E-state index in [0.717, 1.165) is 42.7 Å². The number of aromatic amines is 1. The first-order valence-electron chi connectivity index (χ1n) is 12.0. The number of esters is 1. The van der Waals surface area contributed by atoms with Crippen molar-refractivity contribution in [1.82, 2.24) is 9.55 Å². The van der Waals surface area contributed by atoms with Crippen LogP contribution in [0.15, 0.2) is 21.9 Å². The van der Waals surface area contributed by atoms with Crippen molar-refractivity contribution < 1.29 is 32.4 Å². The first-order chi connectivity index (χ1) is 16.6. The van der Waals surface area contributed by atoms with Crippen molar-refractivity contribution in [3.63, 3.8) is 0 Å². The summed E-state index contributed by atoms with van der Waals surface area (Å²) in [5.41, 5.74) is 2.90. The highest BCUT2D eigenvalue weighted by Crippen LogP contribution is 2.56. The Balaban J connectivity index is 1.42. The van der Waals surface area contributed by atoms with Crippen molar-refractivity contribution in [2.75, 3.05) is 20.3 Å². The van der Waals surface area contributed by atoms with Gasteiger partial charge in [-0.25, -0.2) is 9.36 Å². The van der Waals surface area contributed by atoms with Gasteiger partial charge >= 0.3 is 19.5 Å². The van der Waals surface area contributed by atoms with Gasteiger partial charge in [-0.3, -0.25) is 32.7 Å². The van der Waals surface area contributed by atoms with Crippen LogP contribution in [0.4, 0.5) is 0 Å². The molecule has 0 aromatic carbocycles. The molecule has 1 unspecified atom stereocenters. The Bertz CT molecular complexity index is 1070. The molecule has 35 heavy (non-hydrogen) atoms. The third-order valence-corrected chi connectivity index (χ3v) is 8.80. The van der Waals surface area contributed by atoms with Crippen molar-refractivity contribution in [3.05, 3.63) is 33.1 Å². The molecule has 12 nitrogen and oxygen atoms in total. The maximum atomic E-state index is 13.3. The maximum absolute atomic E-state index is 13.3. The Morgan fingerprint density at radius 3 is 2.63 bits per heavy atom. The minimum atomic E-state index is -4.09. The summed E-state index contributed by atoms with van der Waals surface area (Å²) < 4.78 is 42.2. The van der Waals surface area contributed by atoms with Crippen molar-refractivity contribution in [1.29, 1.82) is 0 Å². The Kier molecular flexibility index (Phi) is 7.71. The number of ether oxygens (including phenoxy) is 2. The molecule has 3 fully saturated rings. The fraction of sp³-hybridized carbons (Fsp3) is 0.773. The number of methoxy groups -OCH3 is 1. The summed E-state index contributed by atoms with van der Waals surface area (Å²) in [5.74, 6) is -0.215. The van der Waals surface area contributed by atoms with Crippen LogP contribution in [0.3, 0.4) is 0 Å². The van der Waals surface area contributed by atoms with Gasteiger partial charge in [0.1, 0.15) is 24.0 Å². The lowest BCUT2D eigenvalue weighted by molar-refractivity contribution is -0.168. The summed E-state index contributed by atoms with van der Waals surface area (Å²) in [7, 11) is -2.69. The minimum Gasteiger partial charge on any atom is -0.462 e. The van der Waals surface area contributed by atoms with Gasteiger partial charge in [-0.2, -0.15) is 0 Å². The number of aromatic nitrogens is 2. The third-order valence-electron chi connectivity index (χ3n) is 7.35. The highest BCUT2D eigenvalue weighted by Gasteiger charge is 2.51. The van der Waals surface area contributed by atoms with Gasteiger partial charge in [-0.15, -0.1) is 0 Å². The predicted octanol–water partition coefficient (Wildman–Crippen LogP) is 1.77. The summed E-state index contributed by atoms with van der Waals surface area (Å²) >= 11 is 0. The molecule has 13 heteroatoms. The number of nitrogens with zero attached hydrogens (tertiary/aromatic N) is 1. The molecule has 0 spiro atoms. The number of H-pyrrole nitrogens is 1. The minimum absolute atomic E-state index is 0.0189. The molecule has 2 aliphatic carbocycles. The van der Waals surface area contributed by atoms with Crippen LogP contribution in [0.25, 0.3) is 0 Å². The van der Waals surface area contributed by atoms with Gasteiger partial charge in [0.15, 0.2) is 0 Å². The zero-order valence-electron chi connectivity index (χ0n) is 20.1. The van der Waals surface area contributed by atoms with Crippen LogP contribution in [0.1, 0.15) is 58.3 Å². The van der Waals surface area contributed by atoms with Crippen molar-refractivity contribution >= 4 is 13.8 Å². The van der Waals surface area contributed by atoms with Gasteiger partial charge in [0.05, 0.1) is 18.6 Å². The molecule has 196 valence electrons. The number of carbonyl (C=O) groups is 1. The summed E-state index contributed by atoms with van der Waals surface area (Å²) in [6.45, 7) is 1.29. The Hall–Kier alpha value is -1.82. The molecule has 1 saturated heterocycles. The molecule has 4 atom stereocenters. The average molecular weight is 516 g/mol. The lowest BCUT2D eigenvalue weighted by Crippen LogP contribution is -2.61. The van der Waals surface area contributed by atoms with Crippen molar-refractivity contribution in [2.45, 2.75) is 82.3 Å². The first kappa shape index (κ1) is 26.2. The normalized spacial score (nSPS) is 30.4. The second kappa shape index (κ2) is 10.3. The highest BCUT2D eigenvalue weighted by atomic mass is 31.2. The topological polar surface area (TPSA) is 161 Å². The number of hydrogen-bond acceptors (Lipinski definition) is 10. The highest BCUT2D eigenvalue weighted by molar-refractivity contribution is 7.48. The zero-order valence-corrected chi connectivity index (χ0v) is 21.0. The van der Waals surface area contributed by atoms with E-state index in [1.807, 2.05) is 0 Å². The fourth-order valence-corrected chi connectivity index (χ4v) is 6.43. The summed E-state index contributed by atoms with van der Waals surface area (Å²) in [5, 5.41) is 0. The Morgan fingerprint density at radius 1 is 1.31 bits per heavy atom. The van der Waals surface area contributed by atoms with Crippen LogP contribution in [0.5, 0.6) is 0 Å². The lowest BCUT2D eigenvalue weighted by Gasteiger charge is -2.43. The largest absolute Gasteiger partial charge is 0.475 e. The summed E-state index contributed by atoms with van der Waals surface area (Å²) in [4.78, 5) is 38.8. The van der Waals surface area contributed by atoms with E-state index in [1.54, 1.807) is 0 Å². The Labute approximate surface area is 203 Å². The van der Waals surface area contributed by atoms with Gasteiger partial charge in [-0.1, -0.05) is 6.42 Å². The fourth-order valence-electron chi connectivity index (χ4n) is 4.96. The van der Waals surface area contributed by atoms with E-state index in [-0.39, 0.29) is 25.3 Å². The number of nitrogens with one attached hydrogen (secondary N) is 1. The number of phosphoric ester groups is 1. The van der Waals surface area contributed by atoms with Gasteiger partial charge < -0.3 is 15.2 Å². The van der Waals surface area contributed by atoms with Crippen LogP contribution in [-0.2, 0) is 38.1 Å². The molecule has 2 heterocycles. The van der Waals surface area contributed by atoms with E-state index in [4.69, 9.17) is 28.8 Å². The summed E-state index contributed by atoms with van der Waals surface area (Å²) in [6.07, 6.45) is 5.90. The van der Waals surface area contributed by atoms with Crippen molar-refractivity contribution in [2.24, 2.45) is 11.1 Å². The van der Waals surface area contributed by atoms with Gasteiger partial charge in [-0.05, 0) is 51.9 Å². The lowest BCUT2D eigenvalue weighted by atomic mass is 9.67. The molecule has 1 aliphatic heterocycles. The Morgan fingerprint density at radius 2 is 2.03 bits per heavy atom. The smallest absolute Gasteiger partial charge is 0.462 e. The molecular formula is C22H34N3O9P.